The molecule has 1 heterocycles. The Labute approximate surface area is 117 Å². The molecule has 1 aromatic carbocycles. The van der Waals surface area contributed by atoms with Crippen LogP contribution >= 0.6 is 0 Å². The first-order valence-electron chi connectivity index (χ1n) is 7.01. The molecule has 102 valence electrons. The predicted octanol–water partition coefficient (Wildman–Crippen LogP) is 5.14. The van der Waals surface area contributed by atoms with Gasteiger partial charge in [-0.3, -0.25) is 4.98 Å². The molecule has 0 aliphatic heterocycles. The van der Waals surface area contributed by atoms with Gasteiger partial charge in [-0.15, -0.1) is 0 Å². The standard InChI is InChI=1S/C18H25N/c1-12-13-9-8-10-19-16(13)15(18(5,6)7)11-14(12)17(2,3)4/h8-11H,1-7H3. The van der Waals surface area contributed by atoms with E-state index < -0.39 is 0 Å². The van der Waals surface area contributed by atoms with Crippen molar-refractivity contribution in [3.05, 3.63) is 41.1 Å². The van der Waals surface area contributed by atoms with E-state index in [1.54, 1.807) is 0 Å². The van der Waals surface area contributed by atoms with Crippen LogP contribution in [0.4, 0.5) is 0 Å². The second-order valence-corrected chi connectivity index (χ2v) is 7.50. The molecule has 0 bridgehead atoms. The van der Waals surface area contributed by atoms with Gasteiger partial charge in [0.15, 0.2) is 0 Å². The summed E-state index contributed by atoms with van der Waals surface area (Å²) in [5, 5.41) is 1.29. The topological polar surface area (TPSA) is 12.9 Å². The van der Waals surface area contributed by atoms with Crippen LogP contribution in [0.25, 0.3) is 10.9 Å². The average Bonchev–Trinajstić information content (AvgIpc) is 2.26. The smallest absolute Gasteiger partial charge is 0.0742 e. The van der Waals surface area contributed by atoms with Gasteiger partial charge >= 0.3 is 0 Å². The van der Waals surface area contributed by atoms with Gasteiger partial charge in [0.05, 0.1) is 5.52 Å². The minimum Gasteiger partial charge on any atom is -0.256 e. The van der Waals surface area contributed by atoms with Gasteiger partial charge < -0.3 is 0 Å². The first kappa shape index (κ1) is 14.0. The van der Waals surface area contributed by atoms with Gasteiger partial charge in [-0.2, -0.15) is 0 Å². The van der Waals surface area contributed by atoms with E-state index in [9.17, 15) is 0 Å². The minimum absolute atomic E-state index is 0.111. The first-order chi connectivity index (χ1) is 8.62. The summed E-state index contributed by atoms with van der Waals surface area (Å²) < 4.78 is 0. The zero-order valence-electron chi connectivity index (χ0n) is 13.3. The number of hydrogen-bond acceptors (Lipinski definition) is 1. The number of benzene rings is 1. The lowest BCUT2D eigenvalue weighted by atomic mass is 9.77. The highest BCUT2D eigenvalue weighted by Gasteiger charge is 2.24. The Morgan fingerprint density at radius 1 is 0.895 bits per heavy atom. The molecule has 0 unspecified atom stereocenters. The Morgan fingerprint density at radius 3 is 2.00 bits per heavy atom. The molecule has 0 saturated carbocycles. The van der Waals surface area contributed by atoms with Gasteiger partial charge in [-0.05, 0) is 40.5 Å². The van der Waals surface area contributed by atoms with Gasteiger partial charge in [-0.25, -0.2) is 0 Å². The van der Waals surface area contributed by atoms with Crippen molar-refractivity contribution in [3.8, 4) is 0 Å². The molecule has 0 aliphatic rings. The van der Waals surface area contributed by atoms with Crippen molar-refractivity contribution < 1.29 is 0 Å². The van der Waals surface area contributed by atoms with Crippen molar-refractivity contribution in [1.29, 1.82) is 0 Å². The van der Waals surface area contributed by atoms with E-state index in [1.807, 2.05) is 12.3 Å². The van der Waals surface area contributed by atoms with Crippen molar-refractivity contribution in [2.24, 2.45) is 0 Å². The molecule has 19 heavy (non-hydrogen) atoms. The molecule has 0 radical (unpaired) electrons. The fourth-order valence-corrected chi connectivity index (χ4v) is 2.74. The molecule has 1 aromatic heterocycles. The summed E-state index contributed by atoms with van der Waals surface area (Å²) in [4.78, 5) is 4.63. The Hall–Kier alpha value is -1.37. The largest absolute Gasteiger partial charge is 0.256 e. The van der Waals surface area contributed by atoms with Gasteiger partial charge in [0.1, 0.15) is 0 Å². The SMILES string of the molecule is Cc1c(C(C)(C)C)cc(C(C)(C)C)c2ncccc12. The minimum atomic E-state index is 0.111. The highest BCUT2D eigenvalue weighted by molar-refractivity contribution is 5.87. The molecule has 0 atom stereocenters. The van der Waals surface area contributed by atoms with Gasteiger partial charge in [0.2, 0.25) is 0 Å². The molecular weight excluding hydrogens is 230 g/mol. The van der Waals surface area contributed by atoms with E-state index in [4.69, 9.17) is 0 Å². The summed E-state index contributed by atoms with van der Waals surface area (Å²) >= 11 is 0. The molecule has 1 nitrogen and oxygen atoms in total. The summed E-state index contributed by atoms with van der Waals surface area (Å²) in [7, 11) is 0. The van der Waals surface area contributed by atoms with Crippen LogP contribution in [0.15, 0.2) is 24.4 Å². The third kappa shape index (κ3) is 2.51. The summed E-state index contributed by atoms with van der Waals surface area (Å²) in [6, 6.07) is 6.60. The predicted molar refractivity (Wildman–Crippen MR) is 83.9 cm³/mol. The molecule has 2 aromatic rings. The summed E-state index contributed by atoms with van der Waals surface area (Å²) in [6.45, 7) is 15.9. The molecule has 0 amide bonds. The number of rotatable bonds is 0. The highest BCUT2D eigenvalue weighted by Crippen LogP contribution is 2.36. The molecule has 0 spiro atoms. The maximum Gasteiger partial charge on any atom is 0.0742 e. The van der Waals surface area contributed by atoms with Crippen LogP contribution in [0.3, 0.4) is 0 Å². The van der Waals surface area contributed by atoms with E-state index in [0.717, 1.165) is 5.52 Å². The van der Waals surface area contributed by atoms with Crippen LogP contribution < -0.4 is 0 Å². The monoisotopic (exact) mass is 255 g/mol. The fourth-order valence-electron chi connectivity index (χ4n) is 2.74. The molecule has 0 fully saturated rings. The van der Waals surface area contributed by atoms with Crippen LogP contribution in [0.5, 0.6) is 0 Å². The van der Waals surface area contributed by atoms with E-state index in [1.165, 1.54) is 22.1 Å². The van der Waals surface area contributed by atoms with Crippen LogP contribution in [0.2, 0.25) is 0 Å². The Bertz CT molecular complexity index is 610. The fraction of sp³-hybridized carbons (Fsp3) is 0.500. The maximum atomic E-state index is 4.63. The van der Waals surface area contributed by atoms with Crippen LogP contribution in [-0.4, -0.2) is 4.98 Å². The Balaban J connectivity index is 2.93. The van der Waals surface area contributed by atoms with Crippen molar-refractivity contribution >= 4 is 10.9 Å². The van der Waals surface area contributed by atoms with Crippen LogP contribution in [-0.2, 0) is 10.8 Å². The third-order valence-corrected chi connectivity index (χ3v) is 3.78. The Morgan fingerprint density at radius 2 is 1.47 bits per heavy atom. The summed E-state index contributed by atoms with van der Waals surface area (Å²) in [5.41, 5.74) is 5.56. The summed E-state index contributed by atoms with van der Waals surface area (Å²) in [6.07, 6.45) is 1.90. The maximum absolute atomic E-state index is 4.63. The molecule has 0 saturated heterocycles. The number of aryl methyl sites for hydroxylation is 1. The first-order valence-corrected chi connectivity index (χ1v) is 7.01. The van der Waals surface area contributed by atoms with Crippen molar-refractivity contribution in [2.75, 3.05) is 0 Å². The normalized spacial score (nSPS) is 13.0. The lowest BCUT2D eigenvalue weighted by Gasteiger charge is -2.28. The van der Waals surface area contributed by atoms with E-state index >= 15 is 0 Å². The number of aromatic nitrogens is 1. The second-order valence-electron chi connectivity index (χ2n) is 7.50. The van der Waals surface area contributed by atoms with Gasteiger partial charge in [0.25, 0.3) is 0 Å². The van der Waals surface area contributed by atoms with E-state index in [0.29, 0.717) is 0 Å². The number of fused-ring (bicyclic) bond motifs is 1. The van der Waals surface area contributed by atoms with Crippen molar-refractivity contribution in [3.63, 3.8) is 0 Å². The Kier molecular flexibility index (Phi) is 3.20. The lowest BCUT2D eigenvalue weighted by Crippen LogP contribution is -2.18. The molecule has 2 rings (SSSR count). The van der Waals surface area contributed by atoms with E-state index in [2.05, 4.69) is 65.6 Å². The molecule has 1 heteroatoms. The number of nitrogens with zero attached hydrogens (tertiary/aromatic N) is 1. The number of pyridine rings is 1. The highest BCUT2D eigenvalue weighted by atomic mass is 14.7. The molecule has 0 aliphatic carbocycles. The van der Waals surface area contributed by atoms with Crippen LogP contribution in [0, 0.1) is 6.92 Å². The zero-order chi connectivity index (χ0) is 14.4. The van der Waals surface area contributed by atoms with Gasteiger partial charge in [-0.1, -0.05) is 53.7 Å². The average molecular weight is 255 g/mol. The van der Waals surface area contributed by atoms with Crippen LogP contribution in [0.1, 0.15) is 58.2 Å². The van der Waals surface area contributed by atoms with Crippen molar-refractivity contribution in [1.82, 2.24) is 4.98 Å². The second kappa shape index (κ2) is 4.33. The van der Waals surface area contributed by atoms with E-state index in [-0.39, 0.29) is 10.8 Å². The number of hydrogen-bond donors (Lipinski definition) is 0. The quantitative estimate of drug-likeness (QED) is 0.635. The molecular formula is C18H25N. The van der Waals surface area contributed by atoms with Crippen molar-refractivity contribution in [2.45, 2.75) is 59.3 Å². The lowest BCUT2D eigenvalue weighted by molar-refractivity contribution is 0.569. The molecule has 0 N–H and O–H groups in total. The zero-order valence-corrected chi connectivity index (χ0v) is 13.3. The summed E-state index contributed by atoms with van der Waals surface area (Å²) in [5.74, 6) is 0. The third-order valence-electron chi connectivity index (χ3n) is 3.78. The van der Waals surface area contributed by atoms with Gasteiger partial charge in [0, 0.05) is 11.6 Å².